The Morgan fingerprint density at radius 1 is 1.33 bits per heavy atom. The van der Waals surface area contributed by atoms with E-state index in [0.717, 1.165) is 4.90 Å². The predicted molar refractivity (Wildman–Crippen MR) is 109 cm³/mol. The fourth-order valence-electron chi connectivity index (χ4n) is 4.08. The predicted octanol–water partition coefficient (Wildman–Crippen LogP) is -1.51. The molecule has 2 bridgehead atoms. The summed E-state index contributed by atoms with van der Waals surface area (Å²) in [6.07, 6.45) is 1.73. The topological polar surface area (TPSA) is 163 Å². The molecule has 1 fully saturated rings. The lowest BCUT2D eigenvalue weighted by molar-refractivity contribution is -0.750. The van der Waals surface area contributed by atoms with E-state index in [-0.39, 0.29) is 23.5 Å². The van der Waals surface area contributed by atoms with E-state index in [1.165, 1.54) is 30.7 Å². The fraction of sp³-hybridized carbons (Fsp3) is 0.471. The molecule has 16 heteroatoms. The Balaban J connectivity index is 1.85. The second kappa shape index (κ2) is 7.53. The average molecular weight is 483 g/mol. The van der Waals surface area contributed by atoms with Gasteiger partial charge in [0.05, 0.1) is 25.4 Å². The van der Waals surface area contributed by atoms with Crippen LogP contribution in [0.4, 0.5) is 10.6 Å². The third-order valence-electron chi connectivity index (χ3n) is 5.70. The van der Waals surface area contributed by atoms with Gasteiger partial charge in [-0.05, 0) is 0 Å². The van der Waals surface area contributed by atoms with Crippen LogP contribution in [0.15, 0.2) is 12.3 Å². The lowest BCUT2D eigenvalue weighted by atomic mass is 9.94. The van der Waals surface area contributed by atoms with Crippen molar-refractivity contribution in [1.29, 1.82) is 0 Å². The molecule has 4 heterocycles. The number of aryl methyl sites for hydroxylation is 2. The number of carbonyl (C=O) groups excluding carboxylic acids is 3. The summed E-state index contributed by atoms with van der Waals surface area (Å²) in [4.78, 5) is 41.5. The van der Waals surface area contributed by atoms with Gasteiger partial charge >= 0.3 is 16.4 Å². The molecule has 2 aromatic rings. The van der Waals surface area contributed by atoms with E-state index in [1.807, 2.05) is 0 Å². The number of rotatable bonds is 5. The molecular formula is C17H23N8O7S+. The van der Waals surface area contributed by atoms with Crippen LogP contribution in [0.25, 0.3) is 0 Å². The zero-order valence-corrected chi connectivity index (χ0v) is 19.3. The van der Waals surface area contributed by atoms with Gasteiger partial charge in [-0.1, -0.05) is 0 Å². The molecule has 33 heavy (non-hydrogen) atoms. The molecule has 0 saturated carbocycles. The number of fused-ring (bicyclic) bond motifs is 4. The second-order valence-electron chi connectivity index (χ2n) is 7.94. The van der Waals surface area contributed by atoms with Crippen LogP contribution < -0.4 is 10.00 Å². The number of urea groups is 1. The highest BCUT2D eigenvalue weighted by Gasteiger charge is 2.55. The molecule has 0 aliphatic carbocycles. The zero-order valence-electron chi connectivity index (χ0n) is 18.5. The second-order valence-corrected chi connectivity index (χ2v) is 8.94. The highest BCUT2D eigenvalue weighted by Crippen LogP contribution is 2.46. The van der Waals surface area contributed by atoms with Crippen LogP contribution in [-0.4, -0.2) is 80.8 Å². The maximum Gasteiger partial charge on any atom is 0.418 e. The van der Waals surface area contributed by atoms with Gasteiger partial charge in [0.2, 0.25) is 0 Å². The monoisotopic (exact) mass is 483 g/mol. The Labute approximate surface area is 188 Å². The first kappa shape index (κ1) is 22.7. The van der Waals surface area contributed by atoms with Gasteiger partial charge in [-0.2, -0.15) is 18.6 Å². The molecule has 4 amide bonds. The highest BCUT2D eigenvalue weighted by atomic mass is 32.3. The molecule has 0 radical (unpaired) electrons. The molecule has 4 rings (SSSR count). The van der Waals surface area contributed by atoms with Gasteiger partial charge in [-0.3, -0.25) is 18.8 Å². The summed E-state index contributed by atoms with van der Waals surface area (Å²) in [5, 5.41) is 7.44. The van der Waals surface area contributed by atoms with Crippen molar-refractivity contribution in [2.45, 2.75) is 12.1 Å². The maximum absolute atomic E-state index is 13.2. The van der Waals surface area contributed by atoms with Gasteiger partial charge in [-0.15, -0.1) is 13.6 Å². The lowest BCUT2D eigenvalue weighted by Crippen LogP contribution is -2.44. The molecular weight excluding hydrogens is 460 g/mol. The lowest BCUT2D eigenvalue weighted by Gasteiger charge is -2.31. The quantitative estimate of drug-likeness (QED) is 0.383. The van der Waals surface area contributed by atoms with E-state index in [2.05, 4.69) is 14.7 Å². The number of likely N-dealkylation sites (N-methyl/N-ethyl adjacent to an activating group) is 1. The molecule has 2 atom stereocenters. The minimum atomic E-state index is -5.06. The minimum absolute atomic E-state index is 0.115. The van der Waals surface area contributed by atoms with E-state index in [1.54, 1.807) is 35.7 Å². The van der Waals surface area contributed by atoms with Gasteiger partial charge < -0.3 is 15.1 Å². The third-order valence-corrected chi connectivity index (χ3v) is 6.05. The summed E-state index contributed by atoms with van der Waals surface area (Å²) in [7, 11) is 2.95. The number of carbonyl (C=O) groups is 3. The molecule has 0 spiro atoms. The Bertz CT molecular complexity index is 1280. The van der Waals surface area contributed by atoms with Crippen molar-refractivity contribution in [3.05, 3.63) is 29.2 Å². The zero-order chi connectivity index (χ0) is 24.4. The number of amides is 4. The number of anilines is 1. The fourth-order valence-corrected chi connectivity index (χ4v) is 4.45. The first-order valence-corrected chi connectivity index (χ1v) is 11.1. The van der Waals surface area contributed by atoms with Crippen LogP contribution in [0.3, 0.4) is 0 Å². The standard InChI is InChI=1S/C17H22N8O7S/c1-20(2)16(27)14-13-11(9-8-24(14)17(28)25(9)32-33(29,30)31)12(19-22(13)4)15(26)18-10-6-7-21(3)23(10)5/h6-7,9,14H,8H2,1-5H3,(H,29,30,31)/p+1. The Kier molecular flexibility index (Phi) is 5.18. The van der Waals surface area contributed by atoms with Crippen molar-refractivity contribution in [3.63, 3.8) is 0 Å². The molecule has 2 unspecified atom stereocenters. The number of aromatic nitrogens is 4. The van der Waals surface area contributed by atoms with Crippen LogP contribution in [0.1, 0.15) is 33.8 Å². The molecule has 15 nitrogen and oxygen atoms in total. The third kappa shape index (κ3) is 3.61. The van der Waals surface area contributed by atoms with E-state index in [0.29, 0.717) is 10.9 Å². The SMILES string of the molecule is CN(C)C(=O)C1c2c(c(C(=O)Nc3cc[n+](C)n3C)nn2C)C2CN1C(=O)N2OS(=O)(=O)O. The van der Waals surface area contributed by atoms with Gasteiger partial charge in [0.15, 0.2) is 30.8 Å². The number of hydroxylamine groups is 2. The largest absolute Gasteiger partial charge is 0.418 e. The molecule has 2 aromatic heterocycles. The van der Waals surface area contributed by atoms with Gasteiger partial charge in [0, 0.05) is 26.7 Å². The molecule has 1 saturated heterocycles. The van der Waals surface area contributed by atoms with Crippen LogP contribution in [0.5, 0.6) is 0 Å². The molecule has 178 valence electrons. The van der Waals surface area contributed by atoms with E-state index in [4.69, 9.17) is 0 Å². The smallest absolute Gasteiger partial charge is 0.347 e. The first-order chi connectivity index (χ1) is 15.3. The van der Waals surface area contributed by atoms with Gasteiger partial charge in [0.25, 0.3) is 11.8 Å². The van der Waals surface area contributed by atoms with E-state index >= 15 is 0 Å². The first-order valence-electron chi connectivity index (χ1n) is 9.69. The van der Waals surface area contributed by atoms with Gasteiger partial charge in [0.1, 0.15) is 6.04 Å². The molecule has 0 aromatic carbocycles. The average Bonchev–Trinajstić information content (AvgIpc) is 3.31. The summed E-state index contributed by atoms with van der Waals surface area (Å²) >= 11 is 0. The van der Waals surface area contributed by atoms with Crippen molar-refractivity contribution in [1.82, 2.24) is 29.3 Å². The minimum Gasteiger partial charge on any atom is -0.347 e. The van der Waals surface area contributed by atoms with Crippen molar-refractivity contribution >= 4 is 34.1 Å². The van der Waals surface area contributed by atoms with Crippen LogP contribution in [0.2, 0.25) is 0 Å². The highest BCUT2D eigenvalue weighted by molar-refractivity contribution is 7.80. The number of nitrogens with one attached hydrogen (secondary N) is 1. The van der Waals surface area contributed by atoms with Crippen molar-refractivity contribution in [2.24, 2.45) is 21.1 Å². The van der Waals surface area contributed by atoms with Gasteiger partial charge in [-0.25, -0.2) is 4.79 Å². The Morgan fingerprint density at radius 2 is 2.00 bits per heavy atom. The Hall–Kier alpha value is -3.50. The summed E-state index contributed by atoms with van der Waals surface area (Å²) in [6, 6.07) is -1.57. The van der Waals surface area contributed by atoms with Crippen LogP contribution >= 0.6 is 0 Å². The molecule has 2 aliphatic rings. The number of hydrogen-bond donors (Lipinski definition) is 2. The van der Waals surface area contributed by atoms with E-state index in [9.17, 15) is 27.4 Å². The maximum atomic E-state index is 13.2. The summed E-state index contributed by atoms with van der Waals surface area (Å²) < 4.78 is 41.2. The van der Waals surface area contributed by atoms with Crippen LogP contribution in [0, 0.1) is 0 Å². The normalized spacial score (nSPS) is 19.6. The summed E-state index contributed by atoms with van der Waals surface area (Å²) in [5.74, 6) is -0.667. The van der Waals surface area contributed by atoms with Crippen molar-refractivity contribution < 1.29 is 36.3 Å². The molecule has 2 N–H and O–H groups in total. The number of hydrogen-bond acceptors (Lipinski definition) is 7. The molecule has 2 aliphatic heterocycles. The van der Waals surface area contributed by atoms with Crippen molar-refractivity contribution in [3.8, 4) is 0 Å². The summed E-state index contributed by atoms with van der Waals surface area (Å²) in [5.41, 5.74) is 0.276. The van der Waals surface area contributed by atoms with Crippen LogP contribution in [-0.2, 0) is 40.6 Å². The number of nitrogens with zero attached hydrogens (tertiary/aromatic N) is 7. The van der Waals surface area contributed by atoms with Crippen molar-refractivity contribution in [2.75, 3.05) is 26.0 Å². The summed E-state index contributed by atoms with van der Waals surface area (Å²) in [6.45, 7) is -0.156. The van der Waals surface area contributed by atoms with E-state index < -0.39 is 40.3 Å². The Morgan fingerprint density at radius 3 is 2.55 bits per heavy atom.